The maximum Gasteiger partial charge on any atom is 0.391 e. The van der Waals surface area contributed by atoms with Gasteiger partial charge in [-0.05, 0) is 75.5 Å². The number of ether oxygens (including phenoxy) is 1. The molecular formula is C29H44F4N4O3. The van der Waals surface area contributed by atoms with Gasteiger partial charge in [-0.2, -0.15) is 13.2 Å². The van der Waals surface area contributed by atoms with Crippen molar-refractivity contribution < 1.29 is 31.9 Å². The number of rotatable bonds is 4. The number of urea groups is 1. The molecular weight excluding hydrogens is 528 g/mol. The maximum absolute atomic E-state index is 14.9. The van der Waals surface area contributed by atoms with Crippen LogP contribution in [0.2, 0.25) is 0 Å². The zero-order valence-electron chi connectivity index (χ0n) is 23.7. The lowest BCUT2D eigenvalue weighted by Gasteiger charge is -2.44. The van der Waals surface area contributed by atoms with Crippen molar-refractivity contribution in [3.05, 3.63) is 0 Å². The SMILES string of the molecule is COC1CCC(F)CC1C1=NC(C2CCC(C(F)(F)F)CC2)C(C2CCCC(C)C2)N1C(=O)N1CCNC(=O)C1. The predicted octanol–water partition coefficient (Wildman–Crippen LogP) is 5.34. The number of methoxy groups -OCH3 is 1. The van der Waals surface area contributed by atoms with E-state index in [4.69, 9.17) is 9.73 Å². The van der Waals surface area contributed by atoms with E-state index in [9.17, 15) is 27.2 Å². The van der Waals surface area contributed by atoms with Crippen LogP contribution in [0.25, 0.3) is 0 Å². The van der Waals surface area contributed by atoms with E-state index in [1.165, 1.54) is 0 Å². The van der Waals surface area contributed by atoms with Crippen molar-refractivity contribution in [2.75, 3.05) is 26.7 Å². The van der Waals surface area contributed by atoms with Crippen molar-refractivity contribution in [1.29, 1.82) is 0 Å². The zero-order valence-corrected chi connectivity index (χ0v) is 23.7. The van der Waals surface area contributed by atoms with Crippen molar-refractivity contribution in [1.82, 2.24) is 15.1 Å². The third-order valence-corrected chi connectivity index (χ3v) is 10.2. The molecule has 11 heteroatoms. The fourth-order valence-corrected chi connectivity index (χ4v) is 8.15. The molecule has 5 rings (SSSR count). The number of amides is 3. The van der Waals surface area contributed by atoms with Crippen molar-refractivity contribution in [3.63, 3.8) is 0 Å². The Kier molecular flexibility index (Phi) is 8.97. The lowest BCUT2D eigenvalue weighted by molar-refractivity contribution is -0.184. The smallest absolute Gasteiger partial charge is 0.381 e. The average Bonchev–Trinajstić information content (AvgIpc) is 3.33. The number of halogens is 4. The van der Waals surface area contributed by atoms with Crippen LogP contribution in [0.15, 0.2) is 4.99 Å². The number of piperazine rings is 1. The van der Waals surface area contributed by atoms with Gasteiger partial charge in [-0.1, -0.05) is 19.8 Å². The van der Waals surface area contributed by atoms with E-state index >= 15 is 0 Å². The zero-order chi connectivity index (χ0) is 28.6. The number of aliphatic imine (C=N–C) groups is 1. The summed E-state index contributed by atoms with van der Waals surface area (Å²) in [5.74, 6) is -0.882. The Hall–Kier alpha value is -1.91. The Bertz CT molecular complexity index is 954. The molecule has 0 radical (unpaired) electrons. The lowest BCUT2D eigenvalue weighted by atomic mass is 9.70. The molecule has 2 heterocycles. The van der Waals surface area contributed by atoms with Gasteiger partial charge in [-0.25, -0.2) is 9.18 Å². The van der Waals surface area contributed by atoms with Gasteiger partial charge in [0.1, 0.15) is 18.6 Å². The molecule has 226 valence electrons. The molecule has 3 saturated carbocycles. The minimum Gasteiger partial charge on any atom is -0.381 e. The van der Waals surface area contributed by atoms with E-state index in [-0.39, 0.29) is 67.8 Å². The number of carbonyl (C=O) groups excluding carboxylic acids is 2. The Balaban J connectivity index is 1.52. The molecule has 7 nitrogen and oxygen atoms in total. The molecule has 4 fully saturated rings. The van der Waals surface area contributed by atoms with Crippen LogP contribution in [-0.2, 0) is 9.53 Å². The van der Waals surface area contributed by atoms with Gasteiger partial charge < -0.3 is 15.0 Å². The van der Waals surface area contributed by atoms with Crippen LogP contribution in [0.1, 0.15) is 77.6 Å². The highest BCUT2D eigenvalue weighted by Crippen LogP contribution is 2.47. The van der Waals surface area contributed by atoms with Gasteiger partial charge in [0, 0.05) is 26.1 Å². The molecule has 0 aromatic carbocycles. The van der Waals surface area contributed by atoms with Crippen LogP contribution < -0.4 is 5.32 Å². The normalized spacial score (nSPS) is 39.6. The molecule has 1 N–H and O–H groups in total. The molecule has 40 heavy (non-hydrogen) atoms. The highest BCUT2D eigenvalue weighted by molar-refractivity contribution is 6.02. The predicted molar refractivity (Wildman–Crippen MR) is 142 cm³/mol. The lowest BCUT2D eigenvalue weighted by Crippen LogP contribution is -2.60. The third kappa shape index (κ3) is 6.14. The summed E-state index contributed by atoms with van der Waals surface area (Å²) in [7, 11) is 1.60. The summed E-state index contributed by atoms with van der Waals surface area (Å²) < 4.78 is 61.2. The second-order valence-electron chi connectivity index (χ2n) is 12.9. The number of hydrogen-bond donors (Lipinski definition) is 1. The van der Waals surface area contributed by atoms with E-state index in [0.717, 1.165) is 25.7 Å². The second-order valence-corrected chi connectivity index (χ2v) is 12.9. The van der Waals surface area contributed by atoms with E-state index in [1.54, 1.807) is 16.9 Å². The van der Waals surface area contributed by atoms with Crippen LogP contribution >= 0.6 is 0 Å². The van der Waals surface area contributed by atoms with Gasteiger partial charge >= 0.3 is 12.2 Å². The number of alkyl halides is 4. The quantitative estimate of drug-likeness (QED) is 0.463. The number of nitrogens with zero attached hydrogens (tertiary/aromatic N) is 3. The van der Waals surface area contributed by atoms with Gasteiger partial charge in [0.2, 0.25) is 5.91 Å². The monoisotopic (exact) mass is 572 g/mol. The molecule has 0 spiro atoms. The fourth-order valence-electron chi connectivity index (χ4n) is 8.15. The van der Waals surface area contributed by atoms with Gasteiger partial charge in [0.05, 0.1) is 24.1 Å². The van der Waals surface area contributed by atoms with E-state index in [1.807, 2.05) is 0 Å². The largest absolute Gasteiger partial charge is 0.391 e. The van der Waals surface area contributed by atoms with Crippen molar-refractivity contribution in [3.8, 4) is 0 Å². The molecule has 0 bridgehead atoms. The minimum atomic E-state index is -4.20. The van der Waals surface area contributed by atoms with Crippen LogP contribution in [-0.4, -0.2) is 84.9 Å². The first-order valence-electron chi connectivity index (χ1n) is 15.2. The van der Waals surface area contributed by atoms with Crippen LogP contribution in [0.5, 0.6) is 0 Å². The third-order valence-electron chi connectivity index (χ3n) is 10.2. The summed E-state index contributed by atoms with van der Waals surface area (Å²) in [6.45, 7) is 2.89. The van der Waals surface area contributed by atoms with Gasteiger partial charge in [-0.3, -0.25) is 14.7 Å². The molecule has 7 atom stereocenters. The summed E-state index contributed by atoms with van der Waals surface area (Å²) in [6.07, 6.45) is 0.480. The molecule has 2 aliphatic heterocycles. The molecule has 5 aliphatic rings. The summed E-state index contributed by atoms with van der Waals surface area (Å²) in [5.41, 5.74) is 0. The van der Waals surface area contributed by atoms with Crippen LogP contribution in [0, 0.1) is 29.6 Å². The molecule has 3 aliphatic carbocycles. The second kappa shape index (κ2) is 12.1. The molecule has 1 saturated heterocycles. The van der Waals surface area contributed by atoms with Crippen LogP contribution in [0.4, 0.5) is 22.4 Å². The van der Waals surface area contributed by atoms with Crippen molar-refractivity contribution >= 4 is 17.8 Å². The van der Waals surface area contributed by atoms with Gasteiger partial charge in [0.15, 0.2) is 0 Å². The number of hydrogen-bond acceptors (Lipinski definition) is 4. The topological polar surface area (TPSA) is 74.2 Å². The van der Waals surface area contributed by atoms with Gasteiger partial charge in [-0.15, -0.1) is 0 Å². The number of nitrogens with one attached hydrogen (secondary N) is 1. The summed E-state index contributed by atoms with van der Waals surface area (Å²) in [6, 6.07) is -0.932. The first-order valence-corrected chi connectivity index (χ1v) is 15.2. The fraction of sp³-hybridized carbons (Fsp3) is 0.897. The highest BCUT2D eigenvalue weighted by Gasteiger charge is 2.53. The van der Waals surface area contributed by atoms with Crippen molar-refractivity contribution in [2.45, 2.75) is 108 Å². The minimum absolute atomic E-state index is 0.0537. The van der Waals surface area contributed by atoms with Crippen LogP contribution in [0.3, 0.4) is 0 Å². The molecule has 0 aromatic heterocycles. The Labute approximate surface area is 234 Å². The standard InChI is InChI=1S/C29H44F4N4O3/c1-17-4-3-5-19(14-17)26-25(18-6-8-20(9-7-18)29(31,32)33)35-27(22-15-21(30)10-11-23(22)40-2)37(26)28(39)36-13-12-34-24(38)16-36/h17-23,25-26H,3-16H2,1-2H3,(H,34,38). The van der Waals surface area contributed by atoms with E-state index in [2.05, 4.69) is 12.2 Å². The van der Waals surface area contributed by atoms with E-state index in [0.29, 0.717) is 50.5 Å². The Morgan fingerprint density at radius 3 is 2.42 bits per heavy atom. The molecule has 0 aromatic rings. The molecule has 7 unspecified atom stereocenters. The summed E-state index contributed by atoms with van der Waals surface area (Å²) in [5, 5.41) is 2.77. The Morgan fingerprint density at radius 2 is 1.77 bits per heavy atom. The first-order chi connectivity index (χ1) is 19.1. The highest BCUT2D eigenvalue weighted by atomic mass is 19.4. The number of carbonyl (C=O) groups is 2. The summed E-state index contributed by atoms with van der Waals surface area (Å²) in [4.78, 5) is 35.1. The summed E-state index contributed by atoms with van der Waals surface area (Å²) >= 11 is 0. The average molecular weight is 573 g/mol. The van der Waals surface area contributed by atoms with E-state index < -0.39 is 24.2 Å². The van der Waals surface area contributed by atoms with Crippen molar-refractivity contribution in [2.24, 2.45) is 34.6 Å². The van der Waals surface area contributed by atoms with Gasteiger partial charge in [0.25, 0.3) is 0 Å². The maximum atomic E-state index is 14.9. The number of amidine groups is 1. The first kappa shape index (κ1) is 29.6. The Morgan fingerprint density at radius 1 is 1.02 bits per heavy atom. The molecule has 3 amide bonds.